The Labute approximate surface area is 181 Å². The topological polar surface area (TPSA) is 94.1 Å². The van der Waals surface area contributed by atoms with Crippen LogP contribution in [0.25, 0.3) is 0 Å². The molecule has 0 heterocycles. The lowest BCUT2D eigenvalue weighted by atomic mass is 10.0. The van der Waals surface area contributed by atoms with E-state index < -0.39 is 18.2 Å². The first-order valence-corrected chi connectivity index (χ1v) is 10.3. The highest BCUT2D eigenvalue weighted by Crippen LogP contribution is 2.27. The highest BCUT2D eigenvalue weighted by Gasteiger charge is 2.18. The lowest BCUT2D eigenvalue weighted by Gasteiger charge is -2.19. The molecule has 2 aromatic carbocycles. The molecular formula is C22H27NO6S. The molecule has 0 fully saturated rings. The number of carbonyl (C=O) groups excluding carboxylic acids is 2. The van der Waals surface area contributed by atoms with Crippen molar-refractivity contribution in [2.45, 2.75) is 25.9 Å². The molecule has 0 saturated heterocycles. The molecule has 0 unspecified atom stereocenters. The molecule has 8 heteroatoms. The maximum absolute atomic E-state index is 12.4. The van der Waals surface area contributed by atoms with Crippen molar-refractivity contribution in [1.82, 2.24) is 0 Å². The van der Waals surface area contributed by atoms with Gasteiger partial charge in [-0.1, -0.05) is 29.8 Å². The molecule has 0 saturated carbocycles. The van der Waals surface area contributed by atoms with E-state index in [2.05, 4.69) is 17.9 Å². The zero-order valence-electron chi connectivity index (χ0n) is 16.9. The lowest BCUT2D eigenvalue weighted by molar-refractivity contribution is -0.140. The van der Waals surface area contributed by atoms with E-state index >= 15 is 0 Å². The van der Waals surface area contributed by atoms with Crippen molar-refractivity contribution >= 4 is 30.4 Å². The third-order valence-electron chi connectivity index (χ3n) is 4.14. The van der Waals surface area contributed by atoms with Gasteiger partial charge in [-0.25, -0.2) is 4.79 Å². The van der Waals surface area contributed by atoms with Crippen LogP contribution in [0.5, 0.6) is 5.75 Å². The number of aryl methyl sites for hydroxylation is 1. The van der Waals surface area contributed by atoms with Crippen LogP contribution in [0.1, 0.15) is 30.1 Å². The number of aliphatic hydroxyl groups excluding tert-OH is 1. The van der Waals surface area contributed by atoms with Crippen LogP contribution in [0.15, 0.2) is 48.5 Å². The van der Waals surface area contributed by atoms with E-state index in [1.54, 1.807) is 30.3 Å². The van der Waals surface area contributed by atoms with E-state index in [0.717, 1.165) is 11.1 Å². The number of ether oxygens (including phenoxy) is 3. The van der Waals surface area contributed by atoms with Gasteiger partial charge in [-0.3, -0.25) is 10.1 Å². The molecule has 30 heavy (non-hydrogen) atoms. The van der Waals surface area contributed by atoms with Gasteiger partial charge in [0.2, 0.25) is 0 Å². The fourth-order valence-electron chi connectivity index (χ4n) is 2.68. The Hall–Kier alpha value is -2.71. The molecule has 2 N–H and O–H groups in total. The number of esters is 1. The molecular weight excluding hydrogens is 406 g/mol. The van der Waals surface area contributed by atoms with Crippen molar-refractivity contribution in [3.8, 4) is 5.75 Å². The minimum atomic E-state index is -0.585. The predicted molar refractivity (Wildman–Crippen MR) is 117 cm³/mol. The summed E-state index contributed by atoms with van der Waals surface area (Å²) in [5.41, 5.74) is 2.46. The van der Waals surface area contributed by atoms with E-state index in [1.807, 2.05) is 25.1 Å². The van der Waals surface area contributed by atoms with Crippen LogP contribution in [-0.4, -0.2) is 42.7 Å². The predicted octanol–water partition coefficient (Wildman–Crippen LogP) is 3.91. The zero-order chi connectivity index (χ0) is 21.8. The minimum absolute atomic E-state index is 0.0170. The van der Waals surface area contributed by atoms with Gasteiger partial charge in [0.25, 0.3) is 0 Å². The first-order chi connectivity index (χ1) is 14.5. The standard InChI is InChI=1S/C22H27NO6S/c1-16-7-9-18(10-8-16)23-22(26)29-20(6-3-12-28-21(25)15-30)17-4-2-5-19(14-17)27-13-11-24/h2,4-5,7-10,14,20,24,30H,3,6,11-13,15H2,1H3,(H,23,26)/t20-/m0/s1. The van der Waals surface area contributed by atoms with Crippen LogP contribution in [0.3, 0.4) is 0 Å². The molecule has 162 valence electrons. The van der Waals surface area contributed by atoms with Crippen LogP contribution in [0, 0.1) is 6.92 Å². The maximum Gasteiger partial charge on any atom is 0.412 e. The normalized spacial score (nSPS) is 11.4. The Balaban J connectivity index is 2.05. The second-order valence-electron chi connectivity index (χ2n) is 6.55. The molecule has 2 aromatic rings. The molecule has 1 amide bonds. The van der Waals surface area contributed by atoms with Gasteiger partial charge in [0.1, 0.15) is 18.5 Å². The van der Waals surface area contributed by atoms with Gasteiger partial charge in [0.15, 0.2) is 0 Å². The summed E-state index contributed by atoms with van der Waals surface area (Å²) >= 11 is 3.87. The number of rotatable bonds is 11. The van der Waals surface area contributed by atoms with Crippen LogP contribution < -0.4 is 10.1 Å². The van der Waals surface area contributed by atoms with Gasteiger partial charge < -0.3 is 19.3 Å². The first kappa shape index (κ1) is 23.6. The Morgan fingerprint density at radius 2 is 1.90 bits per heavy atom. The molecule has 1 atom stereocenters. The largest absolute Gasteiger partial charge is 0.491 e. The van der Waals surface area contributed by atoms with Crippen LogP contribution in [-0.2, 0) is 14.3 Å². The molecule has 7 nitrogen and oxygen atoms in total. The number of hydrogen-bond donors (Lipinski definition) is 3. The number of benzene rings is 2. The van der Waals surface area contributed by atoms with Gasteiger partial charge in [-0.2, -0.15) is 12.6 Å². The van der Waals surface area contributed by atoms with E-state index in [0.29, 0.717) is 24.3 Å². The highest BCUT2D eigenvalue weighted by atomic mass is 32.1. The zero-order valence-corrected chi connectivity index (χ0v) is 17.8. The number of hydrogen-bond acceptors (Lipinski definition) is 7. The Morgan fingerprint density at radius 3 is 2.60 bits per heavy atom. The minimum Gasteiger partial charge on any atom is -0.491 e. The van der Waals surface area contributed by atoms with E-state index in [-0.39, 0.29) is 25.6 Å². The van der Waals surface area contributed by atoms with E-state index in [4.69, 9.17) is 19.3 Å². The molecule has 0 aliphatic rings. The average Bonchev–Trinajstić information content (AvgIpc) is 2.76. The fraction of sp³-hybridized carbons (Fsp3) is 0.364. The number of carbonyl (C=O) groups is 2. The summed E-state index contributed by atoms with van der Waals surface area (Å²) in [7, 11) is 0. The van der Waals surface area contributed by atoms with Crippen molar-refractivity contribution in [3.05, 3.63) is 59.7 Å². The molecule has 0 aromatic heterocycles. The first-order valence-electron chi connectivity index (χ1n) is 9.66. The van der Waals surface area contributed by atoms with Gasteiger partial charge in [0, 0.05) is 5.69 Å². The number of anilines is 1. The van der Waals surface area contributed by atoms with E-state index in [1.165, 1.54) is 0 Å². The van der Waals surface area contributed by atoms with Crippen molar-refractivity contribution in [2.75, 3.05) is 30.9 Å². The monoisotopic (exact) mass is 433 g/mol. The molecule has 2 rings (SSSR count). The lowest BCUT2D eigenvalue weighted by Crippen LogP contribution is -2.18. The number of amides is 1. The van der Waals surface area contributed by atoms with Crippen molar-refractivity contribution in [3.63, 3.8) is 0 Å². The van der Waals surface area contributed by atoms with Gasteiger partial charge in [0.05, 0.1) is 19.0 Å². The summed E-state index contributed by atoms with van der Waals surface area (Å²) in [5.74, 6) is 0.186. The summed E-state index contributed by atoms with van der Waals surface area (Å²) in [6.07, 6.45) is -0.199. The summed E-state index contributed by atoms with van der Waals surface area (Å²) in [6, 6.07) is 14.5. The smallest absolute Gasteiger partial charge is 0.412 e. The molecule has 0 radical (unpaired) electrons. The second-order valence-corrected chi connectivity index (χ2v) is 6.87. The van der Waals surface area contributed by atoms with Gasteiger partial charge in [-0.15, -0.1) is 0 Å². The summed E-state index contributed by atoms with van der Waals surface area (Å²) in [5, 5.41) is 11.7. The van der Waals surface area contributed by atoms with Crippen molar-refractivity contribution in [1.29, 1.82) is 0 Å². The molecule has 0 spiro atoms. The Bertz CT molecular complexity index is 812. The summed E-state index contributed by atoms with van der Waals surface area (Å²) < 4.78 is 16.1. The third kappa shape index (κ3) is 8.34. The van der Waals surface area contributed by atoms with Gasteiger partial charge in [-0.05, 0) is 49.6 Å². The SMILES string of the molecule is Cc1ccc(NC(=O)O[C@@H](CCCOC(=O)CS)c2cccc(OCCO)c2)cc1. The van der Waals surface area contributed by atoms with Crippen molar-refractivity contribution in [2.24, 2.45) is 0 Å². The van der Waals surface area contributed by atoms with E-state index in [9.17, 15) is 9.59 Å². The number of nitrogens with one attached hydrogen (secondary N) is 1. The highest BCUT2D eigenvalue weighted by molar-refractivity contribution is 7.81. The van der Waals surface area contributed by atoms with Crippen molar-refractivity contribution < 1.29 is 28.9 Å². The summed E-state index contributed by atoms with van der Waals surface area (Å²) in [6.45, 7) is 2.24. The van der Waals surface area contributed by atoms with Crippen LogP contribution in [0.2, 0.25) is 0 Å². The second kappa shape index (κ2) is 12.8. The van der Waals surface area contributed by atoms with Gasteiger partial charge >= 0.3 is 12.1 Å². The van der Waals surface area contributed by atoms with Crippen LogP contribution >= 0.6 is 12.6 Å². The molecule has 0 aliphatic carbocycles. The van der Waals surface area contributed by atoms with Crippen LogP contribution in [0.4, 0.5) is 10.5 Å². The maximum atomic E-state index is 12.4. The summed E-state index contributed by atoms with van der Waals surface area (Å²) in [4.78, 5) is 23.7. The number of thiol groups is 1. The quantitative estimate of drug-likeness (QED) is 0.283. The Morgan fingerprint density at radius 1 is 1.13 bits per heavy atom. The number of aliphatic hydroxyl groups is 1. The Kier molecular flexibility index (Phi) is 10.0. The third-order valence-corrected chi connectivity index (χ3v) is 4.40. The molecule has 0 bridgehead atoms. The fourth-order valence-corrected chi connectivity index (χ4v) is 2.77. The molecule has 0 aliphatic heterocycles. The average molecular weight is 434 g/mol.